The van der Waals surface area contributed by atoms with Crippen LogP contribution >= 0.6 is 11.3 Å². The van der Waals surface area contributed by atoms with Crippen LogP contribution in [0.5, 0.6) is 0 Å². The standard InChI is InChI=1S/C17H15NO3S/c1-17-8-3-4-9-18(17)15(12-7-10-22-11-12)13(16(17)20)5-6-14(19)21-2/h3-11H,1-2H3/b6-5+. The Morgan fingerprint density at radius 3 is 2.91 bits per heavy atom. The molecule has 0 bridgehead atoms. The Kier molecular flexibility index (Phi) is 3.58. The number of rotatable bonds is 3. The van der Waals surface area contributed by atoms with Gasteiger partial charge in [0.25, 0.3) is 0 Å². The van der Waals surface area contributed by atoms with E-state index in [2.05, 4.69) is 4.74 Å². The summed E-state index contributed by atoms with van der Waals surface area (Å²) >= 11 is 1.57. The Morgan fingerprint density at radius 2 is 2.23 bits per heavy atom. The Balaban J connectivity index is 2.14. The van der Waals surface area contributed by atoms with Crippen molar-refractivity contribution in [3.05, 3.63) is 64.5 Å². The van der Waals surface area contributed by atoms with E-state index < -0.39 is 11.5 Å². The molecule has 0 saturated heterocycles. The number of ether oxygens (including phenoxy) is 1. The molecular weight excluding hydrogens is 298 g/mol. The quantitative estimate of drug-likeness (QED) is 0.636. The summed E-state index contributed by atoms with van der Waals surface area (Å²) in [6.45, 7) is 1.88. The van der Waals surface area contributed by atoms with Gasteiger partial charge in [-0.25, -0.2) is 4.79 Å². The van der Waals surface area contributed by atoms with Crippen LogP contribution in [0.25, 0.3) is 5.70 Å². The van der Waals surface area contributed by atoms with Crippen molar-refractivity contribution in [2.75, 3.05) is 7.11 Å². The maximum atomic E-state index is 12.9. The third kappa shape index (κ3) is 2.14. The highest BCUT2D eigenvalue weighted by Crippen LogP contribution is 2.43. The molecule has 0 aliphatic carbocycles. The Bertz CT molecular complexity index is 740. The molecule has 3 rings (SSSR count). The van der Waals surface area contributed by atoms with Crippen LogP contribution in [0.2, 0.25) is 0 Å². The predicted molar refractivity (Wildman–Crippen MR) is 85.9 cm³/mol. The van der Waals surface area contributed by atoms with Gasteiger partial charge in [0.1, 0.15) is 5.54 Å². The molecule has 1 unspecified atom stereocenters. The molecule has 0 spiro atoms. The largest absolute Gasteiger partial charge is 0.466 e. The zero-order chi connectivity index (χ0) is 15.7. The number of carbonyl (C=O) groups excluding carboxylic acids is 2. The summed E-state index contributed by atoms with van der Waals surface area (Å²) in [4.78, 5) is 26.2. The predicted octanol–water partition coefficient (Wildman–Crippen LogP) is 2.92. The van der Waals surface area contributed by atoms with Crippen molar-refractivity contribution in [2.24, 2.45) is 0 Å². The minimum atomic E-state index is -0.748. The molecule has 0 radical (unpaired) electrons. The first kappa shape index (κ1) is 14.5. The normalized spacial score (nSPS) is 23.5. The van der Waals surface area contributed by atoms with Gasteiger partial charge in [-0.3, -0.25) is 4.79 Å². The molecule has 5 heteroatoms. The van der Waals surface area contributed by atoms with Crippen molar-refractivity contribution < 1.29 is 14.3 Å². The van der Waals surface area contributed by atoms with E-state index in [9.17, 15) is 9.59 Å². The number of Topliss-reactive ketones (excluding diaryl/α,β-unsaturated/α-hetero) is 1. The van der Waals surface area contributed by atoms with Crippen molar-refractivity contribution in [1.82, 2.24) is 4.90 Å². The SMILES string of the molecule is COC(=O)/C=C/C1=C(c2ccsc2)N2C=CC=CC2(C)C1=O. The van der Waals surface area contributed by atoms with E-state index in [0.717, 1.165) is 11.3 Å². The third-order valence-electron chi connectivity index (χ3n) is 3.85. The second-order valence-electron chi connectivity index (χ2n) is 5.18. The Hall–Kier alpha value is -2.40. The number of ketones is 1. The van der Waals surface area contributed by atoms with Crippen LogP contribution in [-0.2, 0) is 14.3 Å². The summed E-state index contributed by atoms with van der Waals surface area (Å²) in [6, 6.07) is 1.97. The molecule has 3 heterocycles. The van der Waals surface area contributed by atoms with Crippen LogP contribution in [0.15, 0.2) is 59.0 Å². The van der Waals surface area contributed by atoms with Crippen molar-refractivity contribution >= 4 is 28.8 Å². The minimum Gasteiger partial charge on any atom is -0.466 e. The molecule has 4 nitrogen and oxygen atoms in total. The number of carbonyl (C=O) groups is 2. The zero-order valence-corrected chi connectivity index (χ0v) is 13.1. The number of esters is 1. The highest BCUT2D eigenvalue weighted by atomic mass is 32.1. The fraction of sp³-hybridized carbons (Fsp3) is 0.176. The van der Waals surface area contributed by atoms with Crippen molar-refractivity contribution in [1.29, 1.82) is 0 Å². The van der Waals surface area contributed by atoms with E-state index in [0.29, 0.717) is 5.57 Å². The summed E-state index contributed by atoms with van der Waals surface area (Å²) in [7, 11) is 1.31. The Morgan fingerprint density at radius 1 is 1.41 bits per heavy atom. The van der Waals surface area contributed by atoms with E-state index in [4.69, 9.17) is 0 Å². The Labute approximate surface area is 132 Å². The second kappa shape index (κ2) is 5.42. The summed E-state index contributed by atoms with van der Waals surface area (Å²) in [5.74, 6) is -0.513. The van der Waals surface area contributed by atoms with Crippen LogP contribution in [0.1, 0.15) is 12.5 Å². The molecule has 0 aromatic carbocycles. The molecule has 1 atom stereocenters. The number of thiophene rings is 1. The molecule has 1 aromatic heterocycles. The number of methoxy groups -OCH3 is 1. The van der Waals surface area contributed by atoms with Gasteiger partial charge >= 0.3 is 5.97 Å². The number of nitrogens with zero attached hydrogens (tertiary/aromatic N) is 1. The molecule has 1 aromatic rings. The molecule has 112 valence electrons. The lowest BCUT2D eigenvalue weighted by Crippen LogP contribution is -2.43. The maximum Gasteiger partial charge on any atom is 0.330 e. The monoisotopic (exact) mass is 313 g/mol. The van der Waals surface area contributed by atoms with E-state index in [1.54, 1.807) is 17.4 Å². The van der Waals surface area contributed by atoms with Gasteiger partial charge in [-0.15, -0.1) is 0 Å². The average molecular weight is 313 g/mol. The van der Waals surface area contributed by atoms with Crippen LogP contribution in [0.4, 0.5) is 0 Å². The van der Waals surface area contributed by atoms with Crippen LogP contribution in [0.3, 0.4) is 0 Å². The van der Waals surface area contributed by atoms with Gasteiger partial charge in [-0.05, 0) is 30.5 Å². The van der Waals surface area contributed by atoms with E-state index >= 15 is 0 Å². The van der Waals surface area contributed by atoms with Crippen LogP contribution in [-0.4, -0.2) is 29.3 Å². The number of fused-ring (bicyclic) bond motifs is 1. The molecule has 2 aliphatic heterocycles. The van der Waals surface area contributed by atoms with Crippen LogP contribution in [0, 0.1) is 0 Å². The fourth-order valence-electron chi connectivity index (χ4n) is 2.68. The lowest BCUT2D eigenvalue weighted by atomic mass is 9.92. The highest BCUT2D eigenvalue weighted by molar-refractivity contribution is 7.08. The third-order valence-corrected chi connectivity index (χ3v) is 4.53. The van der Waals surface area contributed by atoms with Gasteiger partial charge < -0.3 is 9.64 Å². The van der Waals surface area contributed by atoms with Gasteiger partial charge in [0, 0.05) is 28.8 Å². The number of allylic oxidation sites excluding steroid dienone is 3. The molecule has 0 amide bonds. The molecule has 0 fully saturated rings. The minimum absolute atomic E-state index is 0.0329. The fourth-order valence-corrected chi connectivity index (χ4v) is 3.32. The second-order valence-corrected chi connectivity index (χ2v) is 5.96. The molecule has 0 saturated carbocycles. The van der Waals surface area contributed by atoms with Gasteiger partial charge in [0.2, 0.25) is 0 Å². The summed E-state index contributed by atoms with van der Waals surface area (Å²) < 4.78 is 4.62. The van der Waals surface area contributed by atoms with Crippen molar-refractivity contribution in [2.45, 2.75) is 12.5 Å². The van der Waals surface area contributed by atoms with E-state index in [1.807, 2.05) is 53.1 Å². The zero-order valence-electron chi connectivity index (χ0n) is 12.3. The van der Waals surface area contributed by atoms with Gasteiger partial charge in [0.05, 0.1) is 12.8 Å². The lowest BCUT2D eigenvalue weighted by molar-refractivity contribution is -0.134. The molecule has 0 N–H and O–H groups in total. The van der Waals surface area contributed by atoms with Crippen molar-refractivity contribution in [3.8, 4) is 0 Å². The van der Waals surface area contributed by atoms with Gasteiger partial charge in [0.15, 0.2) is 5.78 Å². The average Bonchev–Trinajstić information content (AvgIpc) is 3.11. The summed E-state index contributed by atoms with van der Waals surface area (Å²) in [6.07, 6.45) is 10.4. The van der Waals surface area contributed by atoms with E-state index in [-0.39, 0.29) is 5.78 Å². The lowest BCUT2D eigenvalue weighted by Gasteiger charge is -2.34. The van der Waals surface area contributed by atoms with Crippen molar-refractivity contribution in [3.63, 3.8) is 0 Å². The summed E-state index contributed by atoms with van der Waals surface area (Å²) in [5.41, 5.74) is 1.55. The highest BCUT2D eigenvalue weighted by Gasteiger charge is 2.47. The first-order chi connectivity index (χ1) is 10.6. The smallest absolute Gasteiger partial charge is 0.330 e. The number of hydrogen-bond acceptors (Lipinski definition) is 5. The van der Waals surface area contributed by atoms with E-state index in [1.165, 1.54) is 13.2 Å². The van der Waals surface area contributed by atoms with Crippen LogP contribution < -0.4 is 0 Å². The molecular formula is C17H15NO3S. The van der Waals surface area contributed by atoms with Gasteiger partial charge in [-0.1, -0.05) is 12.2 Å². The van der Waals surface area contributed by atoms with Gasteiger partial charge in [-0.2, -0.15) is 11.3 Å². The number of hydrogen-bond donors (Lipinski definition) is 0. The summed E-state index contributed by atoms with van der Waals surface area (Å²) in [5, 5.41) is 3.96. The molecule has 2 aliphatic rings. The first-order valence-electron chi connectivity index (χ1n) is 6.81. The maximum absolute atomic E-state index is 12.9. The first-order valence-corrected chi connectivity index (χ1v) is 7.75. The topological polar surface area (TPSA) is 46.6 Å². The molecule has 22 heavy (non-hydrogen) atoms.